The molecule has 1 rings (SSSR count). The van der Waals surface area contributed by atoms with Gasteiger partial charge in [0.2, 0.25) is 0 Å². The summed E-state index contributed by atoms with van der Waals surface area (Å²) in [6.45, 7) is 1.72. The summed E-state index contributed by atoms with van der Waals surface area (Å²) in [5.41, 5.74) is 10.4. The van der Waals surface area contributed by atoms with Crippen LogP contribution in [-0.4, -0.2) is 32.1 Å². The average Bonchev–Trinajstić information content (AvgIpc) is 2.36. The molecule has 0 aromatic carbocycles. The monoisotopic (exact) mass is 132 g/mol. The number of rotatable bonds is 2. The lowest BCUT2D eigenvalue weighted by Gasteiger charge is -2.21. The molecule has 4 nitrogen and oxygen atoms in total. The second kappa shape index (κ2) is 2.62. The Morgan fingerprint density at radius 3 is 2.22 bits per heavy atom. The highest BCUT2D eigenvalue weighted by Crippen LogP contribution is 2.14. The summed E-state index contributed by atoms with van der Waals surface area (Å²) in [6, 6.07) is 0. The van der Waals surface area contributed by atoms with Crippen molar-refractivity contribution in [3.8, 4) is 0 Å². The zero-order valence-electron chi connectivity index (χ0n) is 5.30. The van der Waals surface area contributed by atoms with Crippen LogP contribution in [0.1, 0.15) is 0 Å². The Morgan fingerprint density at radius 2 is 2.00 bits per heavy atom. The van der Waals surface area contributed by atoms with Crippen LogP contribution in [0.4, 0.5) is 0 Å². The minimum absolute atomic E-state index is 0.328. The fraction of sp³-hybridized carbons (Fsp3) is 1.00. The van der Waals surface area contributed by atoms with Gasteiger partial charge in [-0.2, -0.15) is 0 Å². The first-order valence-corrected chi connectivity index (χ1v) is 2.95. The Kier molecular flexibility index (Phi) is 2.02. The minimum atomic E-state index is -0.389. The van der Waals surface area contributed by atoms with Crippen LogP contribution in [-0.2, 0) is 9.47 Å². The van der Waals surface area contributed by atoms with E-state index in [0.717, 1.165) is 0 Å². The first kappa shape index (κ1) is 6.95. The van der Waals surface area contributed by atoms with Crippen molar-refractivity contribution in [1.82, 2.24) is 0 Å². The van der Waals surface area contributed by atoms with E-state index in [0.29, 0.717) is 26.5 Å². The molecule has 0 spiro atoms. The quantitative estimate of drug-likeness (QED) is 0.487. The molecule has 0 aromatic heterocycles. The van der Waals surface area contributed by atoms with Crippen LogP contribution < -0.4 is 11.5 Å². The van der Waals surface area contributed by atoms with Gasteiger partial charge in [0.05, 0.1) is 6.61 Å². The fourth-order valence-electron chi connectivity index (χ4n) is 0.755. The number of hydrogen-bond donors (Lipinski definition) is 2. The molecule has 0 saturated carbocycles. The van der Waals surface area contributed by atoms with Gasteiger partial charge >= 0.3 is 0 Å². The predicted molar refractivity (Wildman–Crippen MR) is 32.7 cm³/mol. The maximum absolute atomic E-state index is 5.39. The third-order valence-corrected chi connectivity index (χ3v) is 1.56. The van der Waals surface area contributed by atoms with Gasteiger partial charge in [0.25, 0.3) is 0 Å². The van der Waals surface area contributed by atoms with Crippen LogP contribution in [0.15, 0.2) is 0 Å². The normalized spacial score (nSPS) is 24.7. The molecule has 54 valence electrons. The largest absolute Gasteiger partial charge is 0.352 e. The van der Waals surface area contributed by atoms with Crippen LogP contribution in [0.25, 0.3) is 0 Å². The van der Waals surface area contributed by atoms with Crippen molar-refractivity contribution in [2.45, 2.75) is 5.60 Å². The third-order valence-electron chi connectivity index (χ3n) is 1.56. The van der Waals surface area contributed by atoms with E-state index in [9.17, 15) is 0 Å². The van der Waals surface area contributed by atoms with Gasteiger partial charge in [0, 0.05) is 13.1 Å². The molecule has 1 heterocycles. The molecule has 1 aliphatic heterocycles. The summed E-state index contributed by atoms with van der Waals surface area (Å²) in [5.74, 6) is 0. The van der Waals surface area contributed by atoms with Gasteiger partial charge in [-0.15, -0.1) is 0 Å². The van der Waals surface area contributed by atoms with Gasteiger partial charge < -0.3 is 20.9 Å². The number of hydrogen-bond acceptors (Lipinski definition) is 4. The predicted octanol–water partition coefficient (Wildman–Crippen LogP) is -1.35. The van der Waals surface area contributed by atoms with Crippen LogP contribution in [0, 0.1) is 0 Å². The molecule has 0 atom stereocenters. The molecule has 0 aliphatic carbocycles. The Labute approximate surface area is 54.1 Å². The lowest BCUT2D eigenvalue weighted by molar-refractivity contribution is 0.00178. The van der Waals surface area contributed by atoms with Crippen molar-refractivity contribution >= 4 is 0 Å². The Morgan fingerprint density at radius 1 is 1.33 bits per heavy atom. The van der Waals surface area contributed by atoms with Gasteiger partial charge in [-0.05, 0) is 0 Å². The van der Waals surface area contributed by atoms with Crippen molar-refractivity contribution < 1.29 is 9.47 Å². The van der Waals surface area contributed by atoms with Crippen LogP contribution in [0.3, 0.4) is 0 Å². The van der Waals surface area contributed by atoms with E-state index in [1.54, 1.807) is 0 Å². The molecule has 1 saturated heterocycles. The highest BCUT2D eigenvalue weighted by Gasteiger charge is 2.32. The topological polar surface area (TPSA) is 70.5 Å². The SMILES string of the molecule is NCC1(CN)COCO1. The molecule has 0 aromatic rings. The molecule has 4 N–H and O–H groups in total. The Balaban J connectivity index is 2.45. The third kappa shape index (κ3) is 1.21. The zero-order valence-corrected chi connectivity index (χ0v) is 5.30. The smallest absolute Gasteiger partial charge is 0.147 e. The molecular weight excluding hydrogens is 120 g/mol. The van der Waals surface area contributed by atoms with E-state index in [-0.39, 0.29) is 5.60 Å². The number of ether oxygens (including phenoxy) is 2. The van der Waals surface area contributed by atoms with E-state index >= 15 is 0 Å². The lowest BCUT2D eigenvalue weighted by Crippen LogP contribution is -2.46. The summed E-state index contributed by atoms with van der Waals surface area (Å²) >= 11 is 0. The summed E-state index contributed by atoms with van der Waals surface area (Å²) in [4.78, 5) is 0. The number of nitrogens with two attached hydrogens (primary N) is 2. The molecule has 0 radical (unpaired) electrons. The molecule has 4 heteroatoms. The van der Waals surface area contributed by atoms with Gasteiger partial charge in [0.1, 0.15) is 12.4 Å². The summed E-state index contributed by atoms with van der Waals surface area (Å²) in [5, 5.41) is 0. The second-order valence-electron chi connectivity index (χ2n) is 2.20. The first-order valence-electron chi connectivity index (χ1n) is 2.95. The molecule has 0 amide bonds. The molecule has 1 fully saturated rings. The van der Waals surface area contributed by atoms with E-state index < -0.39 is 0 Å². The molecule has 1 aliphatic rings. The van der Waals surface area contributed by atoms with Crippen molar-refractivity contribution in [2.24, 2.45) is 11.5 Å². The Hall–Kier alpha value is -0.160. The maximum atomic E-state index is 5.39. The highest BCUT2D eigenvalue weighted by atomic mass is 16.7. The van der Waals surface area contributed by atoms with E-state index in [1.807, 2.05) is 0 Å². The van der Waals surface area contributed by atoms with Gasteiger partial charge in [0.15, 0.2) is 0 Å². The summed E-state index contributed by atoms with van der Waals surface area (Å²) < 4.78 is 10.1. The van der Waals surface area contributed by atoms with Gasteiger partial charge in [-0.1, -0.05) is 0 Å². The summed E-state index contributed by atoms with van der Waals surface area (Å²) in [7, 11) is 0. The average molecular weight is 132 g/mol. The van der Waals surface area contributed by atoms with Crippen LogP contribution in [0.5, 0.6) is 0 Å². The van der Waals surface area contributed by atoms with E-state index in [2.05, 4.69) is 0 Å². The van der Waals surface area contributed by atoms with E-state index in [1.165, 1.54) is 0 Å². The van der Waals surface area contributed by atoms with Crippen molar-refractivity contribution in [1.29, 1.82) is 0 Å². The Bertz CT molecular complexity index is 85.0. The van der Waals surface area contributed by atoms with Crippen molar-refractivity contribution in [3.63, 3.8) is 0 Å². The van der Waals surface area contributed by atoms with Gasteiger partial charge in [-0.3, -0.25) is 0 Å². The summed E-state index contributed by atoms with van der Waals surface area (Å²) in [6.07, 6.45) is 0. The van der Waals surface area contributed by atoms with Crippen LogP contribution in [0.2, 0.25) is 0 Å². The maximum Gasteiger partial charge on any atom is 0.147 e. The second-order valence-corrected chi connectivity index (χ2v) is 2.20. The highest BCUT2D eigenvalue weighted by molar-refractivity contribution is 4.84. The molecule has 0 bridgehead atoms. The minimum Gasteiger partial charge on any atom is -0.352 e. The molecule has 9 heavy (non-hydrogen) atoms. The fourth-order valence-corrected chi connectivity index (χ4v) is 0.755. The van der Waals surface area contributed by atoms with Crippen molar-refractivity contribution in [2.75, 3.05) is 26.5 Å². The van der Waals surface area contributed by atoms with E-state index in [4.69, 9.17) is 20.9 Å². The van der Waals surface area contributed by atoms with Crippen molar-refractivity contribution in [3.05, 3.63) is 0 Å². The first-order chi connectivity index (χ1) is 4.33. The van der Waals surface area contributed by atoms with Crippen LogP contribution >= 0.6 is 0 Å². The molecular formula is C5H12N2O2. The lowest BCUT2D eigenvalue weighted by atomic mass is 10.1. The van der Waals surface area contributed by atoms with Gasteiger partial charge in [-0.25, -0.2) is 0 Å². The zero-order chi connectivity index (χ0) is 6.74. The standard InChI is InChI=1S/C5H12N2O2/c6-1-5(2-7)3-8-4-9-5/h1-4,6-7H2. The molecule has 0 unspecified atom stereocenters.